The zero-order valence-corrected chi connectivity index (χ0v) is 10.7. The number of rotatable bonds is 3. The lowest BCUT2D eigenvalue weighted by molar-refractivity contribution is 0.0989. The zero-order chi connectivity index (χ0) is 13.2. The summed E-state index contributed by atoms with van der Waals surface area (Å²) < 4.78 is 1.83. The van der Waals surface area contributed by atoms with E-state index in [9.17, 15) is 4.79 Å². The third-order valence-corrected chi connectivity index (χ3v) is 3.25. The molecule has 0 aliphatic rings. The first-order chi connectivity index (χ1) is 9.31. The fraction of sp³-hybridized carbons (Fsp3) is 0.125. The van der Waals surface area contributed by atoms with Crippen LogP contribution in [0.25, 0.3) is 16.8 Å². The molecule has 1 aromatic carbocycles. The van der Waals surface area contributed by atoms with Crippen molar-refractivity contribution >= 4 is 11.3 Å². The monoisotopic (exact) mass is 250 g/mol. The lowest BCUT2D eigenvalue weighted by atomic mass is 10.1. The molecule has 0 amide bonds. The van der Waals surface area contributed by atoms with Gasteiger partial charge in [-0.1, -0.05) is 37.3 Å². The zero-order valence-electron chi connectivity index (χ0n) is 10.7. The van der Waals surface area contributed by atoms with Gasteiger partial charge in [-0.15, -0.1) is 0 Å². The van der Waals surface area contributed by atoms with E-state index in [1.54, 1.807) is 6.20 Å². The van der Waals surface area contributed by atoms with Gasteiger partial charge in [0.2, 0.25) is 0 Å². The smallest absolute Gasteiger partial charge is 0.164 e. The Bertz CT molecular complexity index is 729. The molecule has 3 rings (SSSR count). The van der Waals surface area contributed by atoms with Crippen LogP contribution < -0.4 is 0 Å². The van der Waals surface area contributed by atoms with Crippen molar-refractivity contribution in [3.8, 4) is 11.3 Å². The molecule has 0 aliphatic heterocycles. The largest absolute Gasteiger partial charge is 0.294 e. The fourth-order valence-corrected chi connectivity index (χ4v) is 2.27. The third kappa shape index (κ3) is 1.93. The summed E-state index contributed by atoms with van der Waals surface area (Å²) in [4.78, 5) is 11.9. The predicted molar refractivity (Wildman–Crippen MR) is 75.2 cm³/mol. The van der Waals surface area contributed by atoms with Gasteiger partial charge in [0, 0.05) is 17.5 Å². The Morgan fingerprint density at radius 2 is 1.89 bits per heavy atom. The van der Waals surface area contributed by atoms with E-state index in [1.165, 1.54) is 0 Å². The summed E-state index contributed by atoms with van der Waals surface area (Å²) in [6.45, 7) is 1.88. The van der Waals surface area contributed by atoms with Crippen LogP contribution in [0.2, 0.25) is 0 Å². The van der Waals surface area contributed by atoms with Crippen LogP contribution in [0.5, 0.6) is 0 Å². The lowest BCUT2D eigenvalue weighted by Crippen LogP contribution is -2.02. The van der Waals surface area contributed by atoms with E-state index in [-0.39, 0.29) is 5.78 Å². The Labute approximate surface area is 111 Å². The maximum absolute atomic E-state index is 11.9. The Balaban J connectivity index is 2.25. The molecule has 2 aromatic heterocycles. The molecule has 2 heterocycles. The van der Waals surface area contributed by atoms with Gasteiger partial charge < -0.3 is 0 Å². The molecule has 3 nitrogen and oxygen atoms in total. The van der Waals surface area contributed by atoms with Crippen molar-refractivity contribution in [2.24, 2.45) is 0 Å². The Kier molecular flexibility index (Phi) is 2.88. The number of carbonyl (C=O) groups excluding carboxylic acids is 1. The Hall–Kier alpha value is -2.42. The van der Waals surface area contributed by atoms with Crippen molar-refractivity contribution in [2.45, 2.75) is 13.3 Å². The number of nitrogens with zero attached hydrogens (tertiary/aromatic N) is 2. The molecular formula is C16H14N2O. The molecule has 0 unspecified atom stereocenters. The lowest BCUT2D eigenvalue weighted by Gasteiger charge is -2.08. The summed E-state index contributed by atoms with van der Waals surface area (Å²) >= 11 is 0. The number of hydrogen-bond donors (Lipinski definition) is 0. The molecule has 0 fully saturated rings. The minimum atomic E-state index is 0.144. The van der Waals surface area contributed by atoms with Crippen molar-refractivity contribution in [1.29, 1.82) is 0 Å². The molecule has 0 saturated heterocycles. The van der Waals surface area contributed by atoms with Crippen LogP contribution >= 0.6 is 0 Å². The number of fused-ring (bicyclic) bond motifs is 1. The molecule has 0 bridgehead atoms. The van der Waals surface area contributed by atoms with E-state index in [1.807, 2.05) is 60.0 Å². The first kappa shape index (κ1) is 11.7. The van der Waals surface area contributed by atoms with Crippen molar-refractivity contribution in [3.05, 3.63) is 60.3 Å². The first-order valence-corrected chi connectivity index (χ1v) is 6.36. The fourth-order valence-electron chi connectivity index (χ4n) is 2.27. The molecule has 0 radical (unpaired) electrons. The predicted octanol–water partition coefficient (Wildman–Crippen LogP) is 3.59. The highest BCUT2D eigenvalue weighted by molar-refractivity contribution is 6.02. The SMILES string of the molecule is CCC(=O)c1ccc(-c2ccccc2)n2nccc12. The molecule has 3 heteroatoms. The van der Waals surface area contributed by atoms with Crippen LogP contribution in [0, 0.1) is 0 Å². The minimum absolute atomic E-state index is 0.144. The number of ketones is 1. The van der Waals surface area contributed by atoms with Crippen molar-refractivity contribution in [3.63, 3.8) is 0 Å². The van der Waals surface area contributed by atoms with Crippen molar-refractivity contribution in [1.82, 2.24) is 9.61 Å². The van der Waals surface area contributed by atoms with Gasteiger partial charge in [-0.05, 0) is 18.2 Å². The van der Waals surface area contributed by atoms with E-state index in [4.69, 9.17) is 0 Å². The average Bonchev–Trinajstić information content (AvgIpc) is 2.95. The van der Waals surface area contributed by atoms with Gasteiger partial charge in [-0.25, -0.2) is 4.52 Å². The highest BCUT2D eigenvalue weighted by atomic mass is 16.1. The van der Waals surface area contributed by atoms with Gasteiger partial charge in [-0.2, -0.15) is 5.10 Å². The van der Waals surface area contributed by atoms with Gasteiger partial charge >= 0.3 is 0 Å². The Morgan fingerprint density at radius 1 is 1.11 bits per heavy atom. The summed E-state index contributed by atoms with van der Waals surface area (Å²) in [6, 6.07) is 15.8. The van der Waals surface area contributed by atoms with E-state index in [0.29, 0.717) is 6.42 Å². The molecule has 0 spiro atoms. The highest BCUT2D eigenvalue weighted by Crippen LogP contribution is 2.23. The number of benzene rings is 1. The maximum Gasteiger partial charge on any atom is 0.164 e. The second kappa shape index (κ2) is 4.69. The number of hydrogen-bond acceptors (Lipinski definition) is 2. The van der Waals surface area contributed by atoms with E-state index < -0.39 is 0 Å². The molecule has 19 heavy (non-hydrogen) atoms. The second-order valence-electron chi connectivity index (χ2n) is 4.40. The molecule has 0 atom stereocenters. The summed E-state index contributed by atoms with van der Waals surface area (Å²) in [5.74, 6) is 0.144. The number of carbonyl (C=O) groups is 1. The van der Waals surface area contributed by atoms with Crippen LogP contribution in [-0.2, 0) is 0 Å². The standard InChI is InChI=1S/C16H14N2O/c1-2-16(19)13-8-9-14(12-6-4-3-5-7-12)18-15(13)10-11-17-18/h3-11H,2H2,1H3. The number of Topliss-reactive ketones (excluding diaryl/α,β-unsaturated/α-hetero) is 1. The summed E-state index contributed by atoms with van der Waals surface area (Å²) in [6.07, 6.45) is 2.24. The van der Waals surface area contributed by atoms with Gasteiger partial charge in [0.05, 0.1) is 17.4 Å². The minimum Gasteiger partial charge on any atom is -0.294 e. The molecule has 0 saturated carbocycles. The van der Waals surface area contributed by atoms with Crippen LogP contribution in [0.3, 0.4) is 0 Å². The average molecular weight is 250 g/mol. The Morgan fingerprint density at radius 3 is 2.63 bits per heavy atom. The van der Waals surface area contributed by atoms with Crippen LogP contribution in [0.15, 0.2) is 54.7 Å². The molecule has 0 aliphatic carbocycles. The quantitative estimate of drug-likeness (QED) is 0.666. The van der Waals surface area contributed by atoms with Crippen LogP contribution in [-0.4, -0.2) is 15.4 Å². The normalized spacial score (nSPS) is 10.8. The summed E-state index contributed by atoms with van der Waals surface area (Å²) in [7, 11) is 0. The van der Waals surface area contributed by atoms with E-state index in [2.05, 4.69) is 5.10 Å². The molecular weight excluding hydrogens is 236 g/mol. The summed E-state index contributed by atoms with van der Waals surface area (Å²) in [5.41, 5.74) is 3.69. The summed E-state index contributed by atoms with van der Waals surface area (Å²) in [5, 5.41) is 4.34. The van der Waals surface area contributed by atoms with Crippen LogP contribution in [0.1, 0.15) is 23.7 Å². The molecule has 94 valence electrons. The van der Waals surface area contributed by atoms with Gasteiger partial charge in [0.25, 0.3) is 0 Å². The maximum atomic E-state index is 11.9. The topological polar surface area (TPSA) is 34.4 Å². The van der Waals surface area contributed by atoms with Crippen molar-refractivity contribution in [2.75, 3.05) is 0 Å². The molecule has 3 aromatic rings. The number of aromatic nitrogens is 2. The molecule has 0 N–H and O–H groups in total. The third-order valence-electron chi connectivity index (χ3n) is 3.25. The number of pyridine rings is 1. The van der Waals surface area contributed by atoms with E-state index >= 15 is 0 Å². The van der Waals surface area contributed by atoms with Gasteiger partial charge in [0.15, 0.2) is 5.78 Å². The first-order valence-electron chi connectivity index (χ1n) is 6.36. The van der Waals surface area contributed by atoms with Gasteiger partial charge in [-0.3, -0.25) is 4.79 Å². The second-order valence-corrected chi connectivity index (χ2v) is 4.40. The highest BCUT2D eigenvalue weighted by Gasteiger charge is 2.12. The van der Waals surface area contributed by atoms with Gasteiger partial charge in [0.1, 0.15) is 0 Å². The van der Waals surface area contributed by atoms with E-state index in [0.717, 1.165) is 22.3 Å². The van der Waals surface area contributed by atoms with Crippen LogP contribution in [0.4, 0.5) is 0 Å². The van der Waals surface area contributed by atoms with Crippen molar-refractivity contribution < 1.29 is 4.79 Å².